The van der Waals surface area contributed by atoms with Crippen LogP contribution in [-0.2, 0) is 5.41 Å². The second-order valence-electron chi connectivity index (χ2n) is 15.8. The molecular weight excluding hydrogens is 709 g/mol. The van der Waals surface area contributed by atoms with Gasteiger partial charge in [-0.1, -0.05) is 73.7 Å². The van der Waals surface area contributed by atoms with Crippen molar-refractivity contribution in [3.63, 3.8) is 0 Å². The van der Waals surface area contributed by atoms with E-state index in [4.69, 9.17) is 15.0 Å². The van der Waals surface area contributed by atoms with Gasteiger partial charge in [0, 0.05) is 69.7 Å². The molecule has 0 aliphatic heterocycles. The highest BCUT2D eigenvalue weighted by Gasteiger charge is 2.37. The number of allylic oxidation sites excluding steroid dienone is 5. The Morgan fingerprint density at radius 3 is 2.14 bits per heavy atom. The average Bonchev–Trinajstić information content (AvgIpc) is 3.80. The fourth-order valence-corrected chi connectivity index (χ4v) is 9.60. The van der Waals surface area contributed by atoms with E-state index in [0.29, 0.717) is 0 Å². The van der Waals surface area contributed by atoms with Gasteiger partial charge in [-0.25, -0.2) is 0 Å². The maximum absolute atomic E-state index is 5.03. The van der Waals surface area contributed by atoms with E-state index in [1.807, 2.05) is 49.1 Å². The van der Waals surface area contributed by atoms with E-state index in [2.05, 4.69) is 155 Å². The predicted octanol–water partition coefficient (Wildman–Crippen LogP) is 12.4. The SMILES string of the molecule is CC1CC(C2=CC=CCC2(C)c2ccccn2)=Cc2c1n(-c1cccc(-n3c4ccc(-c5ccccc5-c5ccccn5)cc4c4ncccc43)c1)c1cccnc21. The highest BCUT2D eigenvalue weighted by atomic mass is 15.0. The lowest BCUT2D eigenvalue weighted by Crippen LogP contribution is -2.29. The van der Waals surface area contributed by atoms with Crippen LogP contribution in [0.1, 0.15) is 49.6 Å². The number of aromatic nitrogens is 6. The third-order valence-electron chi connectivity index (χ3n) is 12.3. The summed E-state index contributed by atoms with van der Waals surface area (Å²) in [6.07, 6.45) is 18.6. The summed E-state index contributed by atoms with van der Waals surface area (Å²) in [7, 11) is 0. The zero-order valence-corrected chi connectivity index (χ0v) is 32.4. The molecule has 0 N–H and O–H groups in total. The van der Waals surface area contributed by atoms with Gasteiger partial charge in [-0.2, -0.15) is 0 Å². The van der Waals surface area contributed by atoms with Crippen LogP contribution in [-0.4, -0.2) is 29.1 Å². The summed E-state index contributed by atoms with van der Waals surface area (Å²) in [4.78, 5) is 19.5. The molecule has 58 heavy (non-hydrogen) atoms. The number of nitrogens with zero attached hydrogens (tertiary/aromatic N) is 6. The van der Waals surface area contributed by atoms with Gasteiger partial charge in [-0.3, -0.25) is 19.9 Å². The number of hydrogen-bond donors (Lipinski definition) is 0. The molecule has 0 fully saturated rings. The molecule has 3 aromatic carbocycles. The van der Waals surface area contributed by atoms with E-state index in [9.17, 15) is 0 Å². The van der Waals surface area contributed by atoms with E-state index >= 15 is 0 Å². The van der Waals surface area contributed by atoms with Crippen LogP contribution >= 0.6 is 0 Å². The van der Waals surface area contributed by atoms with E-state index in [1.165, 1.54) is 22.4 Å². The second kappa shape index (κ2) is 13.5. The molecule has 6 aromatic heterocycles. The first-order valence-electron chi connectivity index (χ1n) is 20.1. The van der Waals surface area contributed by atoms with Crippen LogP contribution in [0.5, 0.6) is 0 Å². The molecule has 2 atom stereocenters. The molecule has 6 heterocycles. The largest absolute Gasteiger partial charge is 0.311 e. The number of fused-ring (bicyclic) bond motifs is 6. The first-order chi connectivity index (χ1) is 28.6. The quantitative estimate of drug-likeness (QED) is 0.170. The van der Waals surface area contributed by atoms with Crippen LogP contribution in [0.15, 0.2) is 182 Å². The summed E-state index contributed by atoms with van der Waals surface area (Å²) in [5.41, 5.74) is 17.9. The third-order valence-corrected chi connectivity index (χ3v) is 12.3. The van der Waals surface area contributed by atoms with Crippen LogP contribution < -0.4 is 0 Å². The lowest BCUT2D eigenvalue weighted by molar-refractivity contribution is 0.538. The number of pyridine rings is 4. The van der Waals surface area contributed by atoms with Crippen molar-refractivity contribution in [2.75, 3.05) is 0 Å². The lowest BCUT2D eigenvalue weighted by atomic mass is 9.68. The molecular formula is C52H40N6. The van der Waals surface area contributed by atoms with Crippen molar-refractivity contribution in [1.29, 1.82) is 0 Å². The Balaban J connectivity index is 1.05. The second-order valence-corrected chi connectivity index (χ2v) is 15.8. The summed E-state index contributed by atoms with van der Waals surface area (Å²) in [6, 6.07) is 45.0. The minimum Gasteiger partial charge on any atom is -0.311 e. The topological polar surface area (TPSA) is 61.4 Å². The first-order valence-corrected chi connectivity index (χ1v) is 20.1. The molecule has 9 aromatic rings. The van der Waals surface area contributed by atoms with Crippen LogP contribution in [0.4, 0.5) is 0 Å². The van der Waals surface area contributed by atoms with E-state index in [0.717, 1.165) is 85.3 Å². The smallest absolute Gasteiger partial charge is 0.0963 e. The molecule has 6 nitrogen and oxygen atoms in total. The molecule has 0 saturated carbocycles. The molecule has 0 radical (unpaired) electrons. The Bertz CT molecular complexity index is 3150. The fourth-order valence-electron chi connectivity index (χ4n) is 9.60. The van der Waals surface area contributed by atoms with Gasteiger partial charge < -0.3 is 9.13 Å². The first kappa shape index (κ1) is 34.1. The normalized spacial score (nSPS) is 17.7. The van der Waals surface area contributed by atoms with Crippen molar-refractivity contribution >= 4 is 39.0 Å². The summed E-state index contributed by atoms with van der Waals surface area (Å²) in [6.45, 7) is 4.70. The zero-order valence-electron chi connectivity index (χ0n) is 32.4. The maximum Gasteiger partial charge on any atom is 0.0963 e. The van der Waals surface area contributed by atoms with Crippen LogP contribution in [0.25, 0.3) is 72.8 Å². The van der Waals surface area contributed by atoms with Crippen molar-refractivity contribution in [2.45, 2.75) is 38.0 Å². The average molecular weight is 749 g/mol. The van der Waals surface area contributed by atoms with Gasteiger partial charge in [0.1, 0.15) is 0 Å². The van der Waals surface area contributed by atoms with Crippen LogP contribution in [0.2, 0.25) is 0 Å². The molecule has 2 aliphatic rings. The fraction of sp³-hybridized carbons (Fsp3) is 0.115. The highest BCUT2D eigenvalue weighted by Crippen LogP contribution is 2.48. The minimum absolute atomic E-state index is 0.209. The van der Waals surface area contributed by atoms with Gasteiger partial charge in [0.25, 0.3) is 0 Å². The Labute approximate surface area is 337 Å². The summed E-state index contributed by atoms with van der Waals surface area (Å²) in [5, 5.41) is 1.11. The number of rotatable bonds is 6. The van der Waals surface area contributed by atoms with Gasteiger partial charge in [0.2, 0.25) is 0 Å². The Hall–Kier alpha value is -7.18. The zero-order chi connectivity index (χ0) is 38.8. The molecule has 0 spiro atoms. The molecule has 0 amide bonds. The molecule has 11 rings (SSSR count). The van der Waals surface area contributed by atoms with E-state index in [-0.39, 0.29) is 11.3 Å². The van der Waals surface area contributed by atoms with Gasteiger partial charge >= 0.3 is 0 Å². The van der Waals surface area contributed by atoms with Crippen molar-refractivity contribution in [1.82, 2.24) is 29.1 Å². The van der Waals surface area contributed by atoms with Crippen molar-refractivity contribution < 1.29 is 0 Å². The maximum atomic E-state index is 5.03. The van der Waals surface area contributed by atoms with Crippen LogP contribution in [0.3, 0.4) is 0 Å². The van der Waals surface area contributed by atoms with Crippen LogP contribution in [0, 0.1) is 0 Å². The molecule has 2 unspecified atom stereocenters. The summed E-state index contributed by atoms with van der Waals surface area (Å²) < 4.78 is 4.81. The van der Waals surface area contributed by atoms with Gasteiger partial charge in [-0.15, -0.1) is 0 Å². The van der Waals surface area contributed by atoms with E-state index < -0.39 is 0 Å². The predicted molar refractivity (Wildman–Crippen MR) is 236 cm³/mol. The Morgan fingerprint density at radius 2 is 1.34 bits per heavy atom. The molecule has 278 valence electrons. The van der Waals surface area contributed by atoms with Gasteiger partial charge in [0.15, 0.2) is 0 Å². The summed E-state index contributed by atoms with van der Waals surface area (Å²) >= 11 is 0. The molecule has 0 saturated heterocycles. The Kier molecular flexibility index (Phi) is 7.93. The van der Waals surface area contributed by atoms with Crippen molar-refractivity contribution in [2.24, 2.45) is 0 Å². The molecule has 0 bridgehead atoms. The molecule has 6 heteroatoms. The monoisotopic (exact) mass is 748 g/mol. The number of benzene rings is 3. The Morgan fingerprint density at radius 1 is 0.621 bits per heavy atom. The van der Waals surface area contributed by atoms with Gasteiger partial charge in [-0.05, 0) is 127 Å². The minimum atomic E-state index is -0.209. The summed E-state index contributed by atoms with van der Waals surface area (Å²) in [5.74, 6) is 0.248. The van der Waals surface area contributed by atoms with Gasteiger partial charge in [0.05, 0.1) is 39.0 Å². The number of hydrogen-bond acceptors (Lipinski definition) is 4. The third kappa shape index (κ3) is 5.32. The standard InChI is InChI=1S/C52H40N6/c1-34-30-36(43-18-5-8-25-52(43,2)48-22-7-10-27-54-48)32-42-50-47(21-13-29-56-50)58(51(34)42)38-15-11-14-37(33-38)57-45-24-23-35(31-41(45)49-46(57)20-12-28-55-49)39-16-3-4-17-40(39)44-19-6-9-26-53-44/h3-24,26-29,31-34H,25,30H2,1-2H3. The van der Waals surface area contributed by atoms with E-state index in [1.54, 1.807) is 0 Å². The van der Waals surface area contributed by atoms with Crippen molar-refractivity contribution in [3.05, 3.63) is 199 Å². The lowest BCUT2D eigenvalue weighted by Gasteiger charge is -2.36. The van der Waals surface area contributed by atoms with Crippen molar-refractivity contribution in [3.8, 4) is 33.8 Å². The molecule has 2 aliphatic carbocycles. The highest BCUT2D eigenvalue weighted by molar-refractivity contribution is 6.08.